The van der Waals surface area contributed by atoms with Crippen LogP contribution in [0.4, 0.5) is 0 Å². The quantitative estimate of drug-likeness (QED) is 0.405. The first-order valence-corrected chi connectivity index (χ1v) is 5.98. The fourth-order valence-electron chi connectivity index (χ4n) is 1.39. The van der Waals surface area contributed by atoms with Gasteiger partial charge in [0.15, 0.2) is 0 Å². The third-order valence-electron chi connectivity index (χ3n) is 2.34. The molecule has 0 aliphatic heterocycles. The minimum atomic E-state index is -1.75. The Bertz CT molecular complexity index is 299. The fraction of sp³-hybridized carbons (Fsp3) is 0.833. The van der Waals surface area contributed by atoms with E-state index in [9.17, 15) is 9.59 Å². The number of nitrogens with two attached hydrogens (primary N) is 2. The first-order valence-electron chi connectivity index (χ1n) is 5.98. The van der Waals surface area contributed by atoms with E-state index in [1.807, 2.05) is 0 Å². The van der Waals surface area contributed by atoms with Crippen LogP contribution in [-0.2, 0) is 19.1 Å². The molecule has 0 heterocycles. The second kappa shape index (κ2) is 6.70. The number of carbonyl (C=O) groups excluding carboxylic acids is 2. The van der Waals surface area contributed by atoms with Gasteiger partial charge in [0.2, 0.25) is 5.54 Å². The topological polar surface area (TPSA) is 105 Å². The standard InChI is InChI=1S/C12H24N2O4/c1-11(2,3)18-10(16)12(14,9(15)17-4)7-5-6-8-13/h5-8,13-14H2,1-4H3/t12-/m1/s1. The smallest absolute Gasteiger partial charge is 0.338 e. The average molecular weight is 260 g/mol. The van der Waals surface area contributed by atoms with Crippen LogP contribution in [-0.4, -0.2) is 36.7 Å². The Morgan fingerprint density at radius 3 is 2.06 bits per heavy atom. The molecule has 6 heteroatoms. The number of methoxy groups -OCH3 is 1. The van der Waals surface area contributed by atoms with Crippen LogP contribution >= 0.6 is 0 Å². The first kappa shape index (κ1) is 16.9. The largest absolute Gasteiger partial charge is 0.467 e. The van der Waals surface area contributed by atoms with Crippen molar-refractivity contribution in [1.29, 1.82) is 0 Å². The Labute approximate surface area is 108 Å². The molecule has 0 aliphatic carbocycles. The number of hydrogen-bond acceptors (Lipinski definition) is 6. The zero-order chi connectivity index (χ0) is 14.4. The molecule has 0 aliphatic rings. The summed E-state index contributed by atoms with van der Waals surface area (Å²) in [7, 11) is 1.19. The summed E-state index contributed by atoms with van der Waals surface area (Å²) >= 11 is 0. The van der Waals surface area contributed by atoms with Crippen LogP contribution in [0.25, 0.3) is 0 Å². The second-order valence-corrected chi connectivity index (χ2v) is 5.21. The summed E-state index contributed by atoms with van der Waals surface area (Å²) in [5, 5.41) is 0. The van der Waals surface area contributed by atoms with E-state index >= 15 is 0 Å². The van der Waals surface area contributed by atoms with Crippen molar-refractivity contribution in [2.24, 2.45) is 11.5 Å². The summed E-state index contributed by atoms with van der Waals surface area (Å²) in [6.07, 6.45) is 1.39. The molecule has 0 aromatic carbocycles. The van der Waals surface area contributed by atoms with Crippen LogP contribution in [0.15, 0.2) is 0 Å². The fourth-order valence-corrected chi connectivity index (χ4v) is 1.39. The third-order valence-corrected chi connectivity index (χ3v) is 2.34. The summed E-state index contributed by atoms with van der Waals surface area (Å²) in [4.78, 5) is 23.7. The van der Waals surface area contributed by atoms with Gasteiger partial charge in [-0.3, -0.25) is 0 Å². The van der Waals surface area contributed by atoms with Crippen LogP contribution in [0.1, 0.15) is 40.0 Å². The molecule has 0 radical (unpaired) electrons. The Hall–Kier alpha value is -1.14. The average Bonchev–Trinajstić information content (AvgIpc) is 2.25. The van der Waals surface area contributed by atoms with E-state index < -0.39 is 23.1 Å². The van der Waals surface area contributed by atoms with E-state index in [0.29, 0.717) is 19.4 Å². The van der Waals surface area contributed by atoms with Crippen molar-refractivity contribution in [3.05, 3.63) is 0 Å². The van der Waals surface area contributed by atoms with Crippen molar-refractivity contribution in [3.8, 4) is 0 Å². The molecule has 106 valence electrons. The Balaban J connectivity index is 4.86. The van der Waals surface area contributed by atoms with Gasteiger partial charge in [0.05, 0.1) is 7.11 Å². The Morgan fingerprint density at radius 1 is 1.11 bits per heavy atom. The molecule has 0 fully saturated rings. The van der Waals surface area contributed by atoms with E-state index in [2.05, 4.69) is 4.74 Å². The summed E-state index contributed by atoms with van der Waals surface area (Å²) in [6.45, 7) is 5.61. The molecule has 0 amide bonds. The van der Waals surface area contributed by atoms with Crippen molar-refractivity contribution in [3.63, 3.8) is 0 Å². The zero-order valence-corrected chi connectivity index (χ0v) is 11.6. The number of ether oxygens (including phenoxy) is 2. The van der Waals surface area contributed by atoms with Crippen LogP contribution in [0.3, 0.4) is 0 Å². The lowest BCUT2D eigenvalue weighted by molar-refractivity contribution is -0.170. The molecule has 0 bridgehead atoms. The van der Waals surface area contributed by atoms with Gasteiger partial charge < -0.3 is 20.9 Å². The van der Waals surface area contributed by atoms with Crippen LogP contribution in [0, 0.1) is 0 Å². The van der Waals surface area contributed by atoms with Gasteiger partial charge in [-0.2, -0.15) is 0 Å². The molecule has 0 unspecified atom stereocenters. The van der Waals surface area contributed by atoms with Gasteiger partial charge >= 0.3 is 11.9 Å². The van der Waals surface area contributed by atoms with Gasteiger partial charge in [-0.05, 0) is 46.6 Å². The van der Waals surface area contributed by atoms with Gasteiger partial charge in [-0.1, -0.05) is 0 Å². The predicted octanol–water partition coefficient (Wildman–Crippen LogP) is 0.328. The van der Waals surface area contributed by atoms with Crippen LogP contribution < -0.4 is 11.5 Å². The maximum atomic E-state index is 12.0. The molecule has 0 spiro atoms. The summed E-state index contributed by atoms with van der Waals surface area (Å²) in [6, 6.07) is 0. The lowest BCUT2D eigenvalue weighted by Gasteiger charge is -2.29. The molecular formula is C12H24N2O4. The van der Waals surface area contributed by atoms with Crippen molar-refractivity contribution in [1.82, 2.24) is 0 Å². The highest BCUT2D eigenvalue weighted by Crippen LogP contribution is 2.19. The summed E-state index contributed by atoms with van der Waals surface area (Å²) in [5.41, 5.74) is 8.77. The van der Waals surface area contributed by atoms with Gasteiger partial charge in [-0.15, -0.1) is 0 Å². The van der Waals surface area contributed by atoms with Crippen molar-refractivity contribution in [2.75, 3.05) is 13.7 Å². The predicted molar refractivity (Wildman–Crippen MR) is 67.7 cm³/mol. The third kappa shape index (κ3) is 5.01. The number of carbonyl (C=O) groups is 2. The number of unbranched alkanes of at least 4 members (excludes halogenated alkanes) is 1. The van der Waals surface area contributed by atoms with E-state index in [1.165, 1.54) is 7.11 Å². The highest BCUT2D eigenvalue weighted by atomic mass is 16.6. The summed E-state index contributed by atoms with van der Waals surface area (Å²) < 4.78 is 9.75. The second-order valence-electron chi connectivity index (χ2n) is 5.21. The minimum Gasteiger partial charge on any atom is -0.467 e. The van der Waals surface area contributed by atoms with E-state index in [1.54, 1.807) is 20.8 Å². The van der Waals surface area contributed by atoms with Crippen molar-refractivity contribution < 1.29 is 19.1 Å². The van der Waals surface area contributed by atoms with Gasteiger partial charge in [-0.25, -0.2) is 9.59 Å². The van der Waals surface area contributed by atoms with E-state index in [0.717, 1.165) is 0 Å². The van der Waals surface area contributed by atoms with E-state index in [4.69, 9.17) is 16.2 Å². The highest BCUT2D eigenvalue weighted by Gasteiger charge is 2.45. The molecule has 1 atom stereocenters. The monoisotopic (exact) mass is 260 g/mol. The number of rotatable bonds is 6. The molecular weight excluding hydrogens is 236 g/mol. The Morgan fingerprint density at radius 2 is 1.67 bits per heavy atom. The minimum absolute atomic E-state index is 0.159. The van der Waals surface area contributed by atoms with Gasteiger partial charge in [0, 0.05) is 0 Å². The molecule has 18 heavy (non-hydrogen) atoms. The lowest BCUT2D eigenvalue weighted by Crippen LogP contribution is -2.57. The SMILES string of the molecule is COC(=O)[C@](N)(CCCCN)C(=O)OC(C)(C)C. The summed E-state index contributed by atoms with van der Waals surface area (Å²) in [5.74, 6) is -1.55. The molecule has 0 aromatic heterocycles. The molecule has 0 aromatic rings. The maximum absolute atomic E-state index is 12.0. The highest BCUT2D eigenvalue weighted by molar-refractivity contribution is 6.04. The van der Waals surface area contributed by atoms with Gasteiger partial charge in [0.1, 0.15) is 5.60 Å². The molecule has 0 rings (SSSR count). The van der Waals surface area contributed by atoms with Crippen molar-refractivity contribution in [2.45, 2.75) is 51.2 Å². The van der Waals surface area contributed by atoms with E-state index in [-0.39, 0.29) is 6.42 Å². The normalized spacial score (nSPS) is 14.8. The number of esters is 2. The van der Waals surface area contributed by atoms with Gasteiger partial charge in [0.25, 0.3) is 0 Å². The Kier molecular flexibility index (Phi) is 6.28. The molecule has 6 nitrogen and oxygen atoms in total. The first-order chi connectivity index (χ1) is 8.17. The van der Waals surface area contributed by atoms with Crippen LogP contribution in [0.2, 0.25) is 0 Å². The van der Waals surface area contributed by atoms with Crippen molar-refractivity contribution >= 4 is 11.9 Å². The zero-order valence-electron chi connectivity index (χ0n) is 11.6. The molecule has 0 saturated carbocycles. The lowest BCUT2D eigenvalue weighted by atomic mass is 9.93. The van der Waals surface area contributed by atoms with Crippen LogP contribution in [0.5, 0.6) is 0 Å². The molecule has 4 N–H and O–H groups in total. The molecule has 0 saturated heterocycles. The number of hydrogen-bond donors (Lipinski definition) is 2. The maximum Gasteiger partial charge on any atom is 0.338 e.